The lowest BCUT2D eigenvalue weighted by Gasteiger charge is -2.50. The third kappa shape index (κ3) is 4.25. The Kier molecular flexibility index (Phi) is 6.77. The summed E-state index contributed by atoms with van der Waals surface area (Å²) in [4.78, 5) is 4.68. The van der Waals surface area contributed by atoms with E-state index in [4.69, 9.17) is 4.42 Å². The van der Waals surface area contributed by atoms with E-state index in [1.165, 1.54) is 6.07 Å². The average Bonchev–Trinajstić information content (AvgIpc) is 3.10. The highest BCUT2D eigenvalue weighted by Crippen LogP contribution is 2.59. The minimum atomic E-state index is -2.00. The lowest BCUT2D eigenvalue weighted by molar-refractivity contribution is 0.0519. The molecule has 2 aliphatic rings. The van der Waals surface area contributed by atoms with Gasteiger partial charge in [0.2, 0.25) is 0 Å². The van der Waals surface area contributed by atoms with Crippen molar-refractivity contribution in [3.05, 3.63) is 48.4 Å². The second kappa shape index (κ2) is 9.36. The Morgan fingerprint density at radius 2 is 2.00 bits per heavy atom. The molecule has 4 rings (SSSR count). The van der Waals surface area contributed by atoms with E-state index in [9.17, 15) is 20.3 Å². The maximum atomic E-state index is 10.5. The number of rotatable bonds is 5. The molecule has 0 radical (unpaired) electrons. The molecule has 2 atom stereocenters. The molecule has 1 heterocycles. The van der Waals surface area contributed by atoms with Gasteiger partial charge in [0.25, 0.3) is 0 Å². The van der Waals surface area contributed by atoms with Gasteiger partial charge in [-0.2, -0.15) is 0 Å². The van der Waals surface area contributed by atoms with E-state index >= 15 is 0 Å². The first kappa shape index (κ1) is 25.3. The second-order valence-electron chi connectivity index (χ2n) is 10.8. The highest BCUT2D eigenvalue weighted by Gasteiger charge is 2.51. The molecule has 4 N–H and O–H groups in total. The summed E-state index contributed by atoms with van der Waals surface area (Å²) < 4.78 is 6.37. The van der Waals surface area contributed by atoms with Crippen molar-refractivity contribution in [3.63, 3.8) is 0 Å². The van der Waals surface area contributed by atoms with Crippen molar-refractivity contribution in [2.45, 2.75) is 71.6 Å². The number of phenols is 2. The molecule has 1 saturated carbocycles. The number of allylic oxidation sites excluding steroid dienone is 4. The number of hydrogen-bond acceptors (Lipinski definition) is 6. The Balaban J connectivity index is 2.05. The van der Waals surface area contributed by atoms with Crippen LogP contribution in [-0.4, -0.2) is 33.1 Å². The normalized spacial score (nSPS) is 25.5. The maximum Gasteiger partial charge on any atom is 0.496 e. The van der Waals surface area contributed by atoms with Gasteiger partial charge in [-0.1, -0.05) is 46.8 Å². The molecule has 0 amide bonds. The lowest BCUT2D eigenvalue weighted by atomic mass is 9.53. The minimum absolute atomic E-state index is 0.0982. The Morgan fingerprint density at radius 3 is 2.66 bits per heavy atom. The Morgan fingerprint density at radius 1 is 1.26 bits per heavy atom. The van der Waals surface area contributed by atoms with Crippen molar-refractivity contribution in [1.82, 2.24) is 0 Å². The molecule has 1 fully saturated rings. The number of nitrogens with zero attached hydrogens (tertiary/aromatic N) is 1. The van der Waals surface area contributed by atoms with Crippen LogP contribution in [0.25, 0.3) is 16.5 Å². The van der Waals surface area contributed by atoms with Crippen LogP contribution in [0, 0.1) is 11.3 Å². The summed E-state index contributed by atoms with van der Waals surface area (Å²) in [6, 6.07) is 1.49. The van der Waals surface area contributed by atoms with Crippen LogP contribution >= 0.6 is 0 Å². The molecule has 7 heteroatoms. The molecule has 0 spiro atoms. The van der Waals surface area contributed by atoms with Gasteiger partial charge >= 0.3 is 7.12 Å². The first-order chi connectivity index (χ1) is 16.5. The van der Waals surface area contributed by atoms with Gasteiger partial charge in [-0.25, -0.2) is 0 Å². The molecule has 2 unspecified atom stereocenters. The first-order valence-corrected chi connectivity index (χ1v) is 12.5. The maximum absolute atomic E-state index is 10.5. The van der Waals surface area contributed by atoms with Crippen LogP contribution in [0.15, 0.2) is 46.5 Å². The standard InChI is InChI=1S/C28H36BNO5/c1-6-8-10-18(7-2)30-16-17-11-12-21-27(3,4)13-9-14-28(21,5)22-19-15-20(31)24(32)23(29(33)34)26(19)35-25(17)22/h7-8,10,15-16,21,31-34H,2,6,9,11-14H2,1,3-5H3/b10-8-,17-16+,30-18+. The number of fused-ring (bicyclic) bond motifs is 5. The molecule has 1 aromatic heterocycles. The summed E-state index contributed by atoms with van der Waals surface area (Å²) in [5.41, 5.74) is 2.41. The van der Waals surface area contributed by atoms with Crippen molar-refractivity contribution >= 4 is 34.8 Å². The largest absolute Gasteiger partial charge is 0.504 e. The first-order valence-electron chi connectivity index (χ1n) is 12.5. The summed E-state index contributed by atoms with van der Waals surface area (Å²) >= 11 is 0. The highest BCUT2D eigenvalue weighted by atomic mass is 16.4. The van der Waals surface area contributed by atoms with E-state index in [2.05, 4.69) is 39.3 Å². The van der Waals surface area contributed by atoms with Gasteiger partial charge in [0.15, 0.2) is 11.5 Å². The van der Waals surface area contributed by atoms with Crippen LogP contribution in [-0.2, 0) is 5.41 Å². The van der Waals surface area contributed by atoms with E-state index < -0.39 is 18.6 Å². The zero-order chi connectivity index (χ0) is 25.5. The quantitative estimate of drug-likeness (QED) is 0.264. The van der Waals surface area contributed by atoms with Crippen molar-refractivity contribution in [2.24, 2.45) is 16.3 Å². The average molecular weight is 477 g/mol. The third-order valence-electron chi connectivity index (χ3n) is 8.12. The molecule has 0 aliphatic heterocycles. The van der Waals surface area contributed by atoms with Crippen LogP contribution in [0.5, 0.6) is 11.5 Å². The SMILES string of the molecule is C=CC(/C=C\CC)=N\C=C1/CCC2C(C)(C)CCCC2(C)c2c1oc1c(B(O)O)c(O)c(O)cc21. The molecule has 35 heavy (non-hydrogen) atoms. The summed E-state index contributed by atoms with van der Waals surface area (Å²) in [5, 5.41) is 41.6. The number of aliphatic imine (C=N–C) groups is 1. The van der Waals surface area contributed by atoms with E-state index in [1.807, 2.05) is 18.4 Å². The van der Waals surface area contributed by atoms with Gasteiger partial charge in [0.05, 0.1) is 11.2 Å². The summed E-state index contributed by atoms with van der Waals surface area (Å²) in [7, 11) is -2.00. The smallest absolute Gasteiger partial charge is 0.496 e. The van der Waals surface area contributed by atoms with Crippen molar-refractivity contribution in [2.75, 3.05) is 0 Å². The Hall–Kier alpha value is -2.77. The number of hydrogen-bond donors (Lipinski definition) is 4. The summed E-state index contributed by atoms with van der Waals surface area (Å²) in [6.07, 6.45) is 13.2. The second-order valence-corrected chi connectivity index (χ2v) is 10.8. The Labute approximate surface area is 207 Å². The predicted molar refractivity (Wildman–Crippen MR) is 142 cm³/mol. The topological polar surface area (TPSA) is 106 Å². The zero-order valence-electron chi connectivity index (χ0n) is 21.1. The number of phenolic OH excluding ortho intramolecular Hbond substituents is 2. The van der Waals surface area contributed by atoms with Crippen LogP contribution in [0.3, 0.4) is 0 Å². The van der Waals surface area contributed by atoms with Gasteiger partial charge in [0, 0.05) is 28.1 Å². The minimum Gasteiger partial charge on any atom is -0.504 e. The molecular weight excluding hydrogens is 441 g/mol. The molecule has 2 aromatic rings. The Bertz CT molecular complexity index is 1240. The van der Waals surface area contributed by atoms with Gasteiger partial charge in [-0.15, -0.1) is 0 Å². The van der Waals surface area contributed by atoms with Crippen LogP contribution in [0.4, 0.5) is 0 Å². The van der Waals surface area contributed by atoms with E-state index in [-0.39, 0.29) is 21.9 Å². The van der Waals surface area contributed by atoms with E-state index in [0.29, 0.717) is 17.1 Å². The van der Waals surface area contributed by atoms with Gasteiger partial charge in [-0.3, -0.25) is 4.99 Å². The number of furan rings is 1. The molecule has 1 aromatic carbocycles. The summed E-state index contributed by atoms with van der Waals surface area (Å²) in [6.45, 7) is 12.8. The molecule has 186 valence electrons. The zero-order valence-corrected chi connectivity index (χ0v) is 21.1. The molecule has 0 saturated heterocycles. The third-order valence-corrected chi connectivity index (χ3v) is 8.12. The molecular formula is C28H36BNO5. The monoisotopic (exact) mass is 477 g/mol. The fourth-order valence-electron chi connectivity index (χ4n) is 6.49. The highest BCUT2D eigenvalue weighted by molar-refractivity contribution is 6.63. The van der Waals surface area contributed by atoms with Gasteiger partial charge in [-0.05, 0) is 61.7 Å². The molecule has 0 bridgehead atoms. The fraction of sp³-hybridized carbons (Fsp3) is 0.464. The van der Waals surface area contributed by atoms with Crippen molar-refractivity contribution in [3.8, 4) is 11.5 Å². The molecule has 2 aliphatic carbocycles. The number of aromatic hydroxyl groups is 2. The summed E-state index contributed by atoms with van der Waals surface area (Å²) in [5.74, 6) is 0.00636. The molecule has 6 nitrogen and oxygen atoms in total. The van der Waals surface area contributed by atoms with Crippen molar-refractivity contribution < 1.29 is 24.7 Å². The van der Waals surface area contributed by atoms with Gasteiger partial charge < -0.3 is 24.7 Å². The lowest BCUT2D eigenvalue weighted by Crippen LogP contribution is -2.44. The predicted octanol–water partition coefficient (Wildman–Crippen LogP) is 5.34. The van der Waals surface area contributed by atoms with Crippen LogP contribution in [0.1, 0.15) is 77.5 Å². The van der Waals surface area contributed by atoms with Crippen LogP contribution in [0.2, 0.25) is 0 Å². The van der Waals surface area contributed by atoms with E-state index in [1.54, 1.807) is 6.08 Å². The van der Waals surface area contributed by atoms with Gasteiger partial charge in [0.1, 0.15) is 11.3 Å². The van der Waals surface area contributed by atoms with Crippen LogP contribution < -0.4 is 5.46 Å². The number of benzene rings is 1. The fourth-order valence-corrected chi connectivity index (χ4v) is 6.49. The van der Waals surface area contributed by atoms with E-state index in [0.717, 1.165) is 55.4 Å². The van der Waals surface area contributed by atoms with Crippen molar-refractivity contribution in [1.29, 1.82) is 0 Å².